The molecule has 5 nitrogen and oxygen atoms in total. The minimum absolute atomic E-state index is 0.266. The maximum atomic E-state index is 12.2. The van der Waals surface area contributed by atoms with Crippen molar-refractivity contribution in [2.45, 2.75) is 6.42 Å². The van der Waals surface area contributed by atoms with Gasteiger partial charge >= 0.3 is 5.97 Å². The van der Waals surface area contributed by atoms with E-state index in [4.69, 9.17) is 14.2 Å². The van der Waals surface area contributed by atoms with Gasteiger partial charge in [-0.1, -0.05) is 48.5 Å². The molecule has 1 aliphatic rings. The fourth-order valence-corrected chi connectivity index (χ4v) is 2.92. The second-order valence-electron chi connectivity index (χ2n) is 6.64. The van der Waals surface area contributed by atoms with Crippen LogP contribution in [0.25, 0.3) is 6.08 Å². The molecule has 0 fully saturated rings. The number of benzene rings is 3. The number of aliphatic imine (C=N–C) groups is 1. The predicted octanol–water partition coefficient (Wildman–Crippen LogP) is 4.88. The lowest BCUT2D eigenvalue weighted by Gasteiger charge is -2.08. The van der Waals surface area contributed by atoms with Crippen LogP contribution in [-0.2, 0) is 9.53 Å². The quantitative estimate of drug-likeness (QED) is 0.308. The molecule has 0 N–H and O–H groups in total. The molecule has 3 aromatic carbocycles. The number of hydrogen-bond donors (Lipinski definition) is 0. The van der Waals surface area contributed by atoms with E-state index >= 15 is 0 Å². The molecular weight excluding hydrogens is 378 g/mol. The van der Waals surface area contributed by atoms with E-state index in [0.717, 1.165) is 29.0 Å². The SMILES string of the molecule is O=C1OC(c2ccccc2)=NC1=Cc1cccc(OCCCOc2ccccc2)c1. The summed E-state index contributed by atoms with van der Waals surface area (Å²) in [5, 5.41) is 0. The number of hydrogen-bond acceptors (Lipinski definition) is 5. The minimum atomic E-state index is -0.460. The third kappa shape index (κ3) is 5.14. The highest BCUT2D eigenvalue weighted by Crippen LogP contribution is 2.21. The Morgan fingerprint density at radius 2 is 1.47 bits per heavy atom. The first-order valence-electron chi connectivity index (χ1n) is 9.77. The highest BCUT2D eigenvalue weighted by Gasteiger charge is 2.23. The van der Waals surface area contributed by atoms with Crippen molar-refractivity contribution in [2.75, 3.05) is 13.2 Å². The molecule has 30 heavy (non-hydrogen) atoms. The summed E-state index contributed by atoms with van der Waals surface area (Å²) in [7, 11) is 0. The Labute approximate surface area is 175 Å². The highest BCUT2D eigenvalue weighted by atomic mass is 16.6. The number of carbonyl (C=O) groups is 1. The molecule has 3 aromatic rings. The van der Waals surface area contributed by atoms with E-state index in [1.165, 1.54) is 0 Å². The number of nitrogens with zero attached hydrogens (tertiary/aromatic N) is 1. The number of para-hydroxylation sites is 1. The Morgan fingerprint density at radius 3 is 2.23 bits per heavy atom. The second-order valence-corrected chi connectivity index (χ2v) is 6.64. The van der Waals surface area contributed by atoms with Crippen LogP contribution in [0.15, 0.2) is 95.6 Å². The van der Waals surface area contributed by atoms with Crippen LogP contribution in [-0.4, -0.2) is 25.1 Å². The molecule has 0 spiro atoms. The summed E-state index contributed by atoms with van der Waals surface area (Å²) in [4.78, 5) is 16.5. The van der Waals surface area contributed by atoms with Crippen molar-refractivity contribution in [3.05, 3.63) is 102 Å². The molecule has 0 radical (unpaired) electrons. The van der Waals surface area contributed by atoms with Crippen LogP contribution in [0.4, 0.5) is 0 Å². The summed E-state index contributed by atoms with van der Waals surface area (Å²) in [5.41, 5.74) is 1.85. The number of cyclic esters (lactones) is 1. The van der Waals surface area contributed by atoms with Crippen LogP contribution in [0.1, 0.15) is 17.5 Å². The van der Waals surface area contributed by atoms with E-state index in [2.05, 4.69) is 4.99 Å². The average molecular weight is 399 g/mol. The van der Waals surface area contributed by atoms with E-state index in [1.807, 2.05) is 84.9 Å². The molecule has 1 aliphatic heterocycles. The summed E-state index contributed by atoms with van der Waals surface area (Å²) < 4.78 is 16.8. The molecule has 150 valence electrons. The van der Waals surface area contributed by atoms with Crippen LogP contribution in [0.5, 0.6) is 11.5 Å². The first-order valence-corrected chi connectivity index (χ1v) is 9.77. The normalized spacial score (nSPS) is 14.3. The standard InChI is InChI=1S/C25H21NO4/c27-25-23(26-24(30-25)20-10-3-1-4-11-20)18-19-9-7-14-22(17-19)29-16-8-15-28-21-12-5-2-6-13-21/h1-7,9-14,17-18H,8,15-16H2. The summed E-state index contributed by atoms with van der Waals surface area (Å²) in [6.45, 7) is 1.11. The fourth-order valence-electron chi connectivity index (χ4n) is 2.92. The molecule has 5 heteroatoms. The Hall–Kier alpha value is -3.86. The average Bonchev–Trinajstić information content (AvgIpc) is 3.15. The van der Waals surface area contributed by atoms with E-state index < -0.39 is 5.97 Å². The molecule has 0 saturated carbocycles. The van der Waals surface area contributed by atoms with Crippen molar-refractivity contribution in [3.63, 3.8) is 0 Å². The van der Waals surface area contributed by atoms with Gasteiger partial charge in [0.2, 0.25) is 5.90 Å². The molecule has 0 atom stereocenters. The molecule has 0 unspecified atom stereocenters. The van der Waals surface area contributed by atoms with Gasteiger partial charge in [-0.15, -0.1) is 0 Å². The van der Waals surface area contributed by atoms with Crippen molar-refractivity contribution in [1.82, 2.24) is 0 Å². The number of ether oxygens (including phenoxy) is 3. The van der Waals surface area contributed by atoms with Crippen molar-refractivity contribution >= 4 is 17.9 Å². The molecule has 0 amide bonds. The highest BCUT2D eigenvalue weighted by molar-refractivity contribution is 6.12. The van der Waals surface area contributed by atoms with Crippen molar-refractivity contribution in [3.8, 4) is 11.5 Å². The van der Waals surface area contributed by atoms with Crippen molar-refractivity contribution in [2.24, 2.45) is 4.99 Å². The topological polar surface area (TPSA) is 57.1 Å². The monoisotopic (exact) mass is 399 g/mol. The zero-order chi connectivity index (χ0) is 20.6. The summed E-state index contributed by atoms with van der Waals surface area (Å²) in [6, 6.07) is 26.6. The lowest BCUT2D eigenvalue weighted by Crippen LogP contribution is -2.05. The lowest BCUT2D eigenvalue weighted by atomic mass is 10.2. The lowest BCUT2D eigenvalue weighted by molar-refractivity contribution is -0.129. The smallest absolute Gasteiger partial charge is 0.363 e. The largest absolute Gasteiger partial charge is 0.493 e. The third-order valence-electron chi connectivity index (χ3n) is 4.37. The Bertz CT molecular complexity index is 1060. The summed E-state index contributed by atoms with van der Waals surface area (Å²) in [5.74, 6) is 1.43. The molecule has 0 saturated heterocycles. The van der Waals surface area contributed by atoms with Gasteiger partial charge < -0.3 is 14.2 Å². The van der Waals surface area contributed by atoms with Gasteiger partial charge in [-0.3, -0.25) is 0 Å². The first-order chi connectivity index (χ1) is 14.8. The zero-order valence-corrected chi connectivity index (χ0v) is 16.4. The maximum Gasteiger partial charge on any atom is 0.363 e. The van der Waals surface area contributed by atoms with Gasteiger partial charge in [0.1, 0.15) is 11.5 Å². The summed E-state index contributed by atoms with van der Waals surface area (Å²) >= 11 is 0. The molecular formula is C25H21NO4. The number of rotatable bonds is 8. The van der Waals surface area contributed by atoms with Crippen LogP contribution in [0.2, 0.25) is 0 Å². The van der Waals surface area contributed by atoms with Crippen LogP contribution >= 0.6 is 0 Å². The maximum absolute atomic E-state index is 12.2. The zero-order valence-electron chi connectivity index (χ0n) is 16.4. The van der Waals surface area contributed by atoms with Crippen LogP contribution in [0.3, 0.4) is 0 Å². The van der Waals surface area contributed by atoms with Gasteiger partial charge in [0, 0.05) is 12.0 Å². The van der Waals surface area contributed by atoms with Gasteiger partial charge in [-0.2, -0.15) is 0 Å². The molecule has 0 bridgehead atoms. The predicted molar refractivity (Wildman–Crippen MR) is 116 cm³/mol. The van der Waals surface area contributed by atoms with E-state index in [-0.39, 0.29) is 5.70 Å². The van der Waals surface area contributed by atoms with E-state index in [9.17, 15) is 4.79 Å². The Balaban J connectivity index is 1.34. The van der Waals surface area contributed by atoms with E-state index in [0.29, 0.717) is 19.1 Å². The molecule has 0 aliphatic carbocycles. The van der Waals surface area contributed by atoms with Crippen LogP contribution in [0, 0.1) is 0 Å². The number of esters is 1. The first kappa shape index (κ1) is 19.5. The van der Waals surface area contributed by atoms with Crippen molar-refractivity contribution in [1.29, 1.82) is 0 Å². The van der Waals surface area contributed by atoms with Gasteiger partial charge in [-0.05, 0) is 48.0 Å². The Morgan fingerprint density at radius 1 is 0.800 bits per heavy atom. The fraction of sp³-hybridized carbons (Fsp3) is 0.120. The molecule has 1 heterocycles. The van der Waals surface area contributed by atoms with Gasteiger partial charge in [0.05, 0.1) is 13.2 Å². The van der Waals surface area contributed by atoms with E-state index in [1.54, 1.807) is 6.08 Å². The Kier molecular flexibility index (Phi) is 6.20. The summed E-state index contributed by atoms with van der Waals surface area (Å²) in [6.07, 6.45) is 2.46. The van der Waals surface area contributed by atoms with Gasteiger partial charge in [0.15, 0.2) is 5.70 Å². The number of carbonyl (C=O) groups excluding carboxylic acids is 1. The minimum Gasteiger partial charge on any atom is -0.493 e. The van der Waals surface area contributed by atoms with Gasteiger partial charge in [-0.25, -0.2) is 9.79 Å². The second kappa shape index (κ2) is 9.56. The molecule has 4 rings (SSSR count). The van der Waals surface area contributed by atoms with Gasteiger partial charge in [0.25, 0.3) is 0 Å². The molecule has 0 aromatic heterocycles. The van der Waals surface area contributed by atoms with Crippen LogP contribution < -0.4 is 9.47 Å². The van der Waals surface area contributed by atoms with Crippen molar-refractivity contribution < 1.29 is 19.0 Å². The third-order valence-corrected chi connectivity index (χ3v) is 4.37.